The van der Waals surface area contributed by atoms with Crippen molar-refractivity contribution in [1.29, 1.82) is 0 Å². The highest BCUT2D eigenvalue weighted by molar-refractivity contribution is 4.79. The molecule has 0 atom stereocenters. The van der Waals surface area contributed by atoms with Crippen molar-refractivity contribution in [3.63, 3.8) is 0 Å². The zero-order chi connectivity index (χ0) is 30.0. The third-order valence-electron chi connectivity index (χ3n) is 4.82. The van der Waals surface area contributed by atoms with Gasteiger partial charge in [-0.3, -0.25) is 0 Å². The van der Waals surface area contributed by atoms with E-state index in [0.717, 1.165) is 49.7 Å². The Morgan fingerprint density at radius 3 is 1.19 bits per heavy atom. The minimum atomic E-state index is 0.542. The Morgan fingerprint density at radius 1 is 0.722 bits per heavy atom. The van der Waals surface area contributed by atoms with E-state index < -0.39 is 0 Å². The van der Waals surface area contributed by atoms with Crippen LogP contribution in [0.25, 0.3) is 0 Å². The van der Waals surface area contributed by atoms with Gasteiger partial charge in [-0.1, -0.05) is 148 Å². The summed E-state index contributed by atoms with van der Waals surface area (Å²) >= 11 is 0. The summed E-state index contributed by atoms with van der Waals surface area (Å²) in [5.41, 5.74) is 0.542. The van der Waals surface area contributed by atoms with Gasteiger partial charge in [-0.2, -0.15) is 0 Å². The van der Waals surface area contributed by atoms with E-state index in [1.165, 1.54) is 32.1 Å². The van der Waals surface area contributed by atoms with Gasteiger partial charge < -0.3 is 4.74 Å². The molecule has 0 aromatic rings. The number of allylic oxidation sites excluding steroid dienone is 3. The molecule has 1 heteroatoms. The smallest absolute Gasteiger partial charge is 0.0463 e. The minimum absolute atomic E-state index is 0.542. The molecule has 0 heterocycles. The summed E-state index contributed by atoms with van der Waals surface area (Å²) < 4.78 is 4.98. The Hall–Kier alpha value is -0.560. The van der Waals surface area contributed by atoms with Crippen LogP contribution in [0.3, 0.4) is 0 Å². The molecule has 1 nitrogen and oxygen atoms in total. The van der Waals surface area contributed by atoms with E-state index >= 15 is 0 Å². The van der Waals surface area contributed by atoms with Gasteiger partial charge in [-0.05, 0) is 62.2 Å². The first-order valence-electron chi connectivity index (χ1n) is 15.4. The molecule has 0 aliphatic heterocycles. The Balaban J connectivity index is -0.0000000752. The number of rotatable bonds is 10. The Kier molecular flexibility index (Phi) is 56.0. The summed E-state index contributed by atoms with van der Waals surface area (Å²) in [7, 11) is 0. The van der Waals surface area contributed by atoms with Crippen molar-refractivity contribution in [2.24, 2.45) is 29.1 Å². The molecule has 0 amide bonds. The summed E-state index contributed by atoms with van der Waals surface area (Å²) in [6.07, 6.45) is 15.1. The first kappa shape index (κ1) is 48.5. The first-order chi connectivity index (χ1) is 16.6. The van der Waals surface area contributed by atoms with Gasteiger partial charge >= 0.3 is 0 Å². The molecule has 0 saturated heterocycles. The van der Waals surface area contributed by atoms with Gasteiger partial charge in [0, 0.05) is 13.2 Å². The van der Waals surface area contributed by atoms with Crippen LogP contribution in [0.5, 0.6) is 0 Å². The Bertz CT molecular complexity index is 351. The summed E-state index contributed by atoms with van der Waals surface area (Å²) in [5.74, 6) is 3.33. The maximum Gasteiger partial charge on any atom is 0.0463 e. The van der Waals surface area contributed by atoms with Gasteiger partial charge in [0.05, 0.1) is 0 Å². The molecule has 0 spiro atoms. The molecule has 0 aromatic heterocycles. The molecular weight excluding hydrogens is 436 g/mol. The van der Waals surface area contributed by atoms with E-state index in [9.17, 15) is 0 Å². The van der Waals surface area contributed by atoms with Crippen LogP contribution in [0, 0.1) is 29.1 Å². The average molecular weight is 515 g/mol. The monoisotopic (exact) mass is 515 g/mol. The second-order valence-electron chi connectivity index (χ2n) is 12.1. The number of hydrogen-bond donors (Lipinski definition) is 0. The van der Waals surface area contributed by atoms with Gasteiger partial charge in [-0.25, -0.2) is 0 Å². The molecular formula is C35H78O. The number of ether oxygens (including phenoxy) is 1. The van der Waals surface area contributed by atoms with Crippen LogP contribution in [0.2, 0.25) is 0 Å². The highest BCUT2D eigenvalue weighted by atomic mass is 16.5. The largest absolute Gasteiger partial charge is 0.382 e. The van der Waals surface area contributed by atoms with E-state index in [1.807, 2.05) is 19.9 Å². The van der Waals surface area contributed by atoms with Gasteiger partial charge in [0.1, 0.15) is 0 Å². The van der Waals surface area contributed by atoms with Crippen LogP contribution < -0.4 is 0 Å². The molecule has 0 unspecified atom stereocenters. The lowest BCUT2D eigenvalue weighted by Crippen LogP contribution is -2.00. The fraction of sp³-hybridized carbons (Fsp3) is 0.886. The summed E-state index contributed by atoms with van der Waals surface area (Å²) in [5, 5.41) is 0. The van der Waals surface area contributed by atoms with E-state index in [4.69, 9.17) is 4.74 Å². The van der Waals surface area contributed by atoms with Gasteiger partial charge in [0.25, 0.3) is 0 Å². The molecule has 0 saturated carbocycles. The van der Waals surface area contributed by atoms with E-state index in [1.54, 1.807) is 0 Å². The fourth-order valence-corrected chi connectivity index (χ4v) is 1.70. The van der Waals surface area contributed by atoms with Crippen LogP contribution in [0.4, 0.5) is 0 Å². The van der Waals surface area contributed by atoms with Gasteiger partial charge in [0.15, 0.2) is 0 Å². The Labute approximate surface area is 234 Å². The SMILES string of the molecule is C=CCCC(C)C.CC=CC(C)C.CCC(C)(C)C.CCC(C)C.CCCC(C)C.CCCOCC. The van der Waals surface area contributed by atoms with Crippen molar-refractivity contribution in [3.8, 4) is 0 Å². The van der Waals surface area contributed by atoms with Crippen molar-refractivity contribution >= 4 is 0 Å². The number of hydrogen-bond acceptors (Lipinski definition) is 1. The topological polar surface area (TPSA) is 9.23 Å². The van der Waals surface area contributed by atoms with Crippen molar-refractivity contribution in [1.82, 2.24) is 0 Å². The molecule has 0 fully saturated rings. The van der Waals surface area contributed by atoms with E-state index in [-0.39, 0.29) is 0 Å². The third-order valence-corrected chi connectivity index (χ3v) is 4.82. The lowest BCUT2D eigenvalue weighted by Gasteiger charge is -2.12. The third kappa shape index (κ3) is 116. The van der Waals surface area contributed by atoms with Crippen LogP contribution in [-0.4, -0.2) is 13.2 Å². The van der Waals surface area contributed by atoms with Gasteiger partial charge in [0.2, 0.25) is 0 Å². The Morgan fingerprint density at radius 2 is 1.14 bits per heavy atom. The zero-order valence-corrected chi connectivity index (χ0v) is 29.0. The lowest BCUT2D eigenvalue weighted by molar-refractivity contribution is 0.148. The molecule has 0 bridgehead atoms. The van der Waals surface area contributed by atoms with Gasteiger partial charge in [-0.15, -0.1) is 6.58 Å². The normalized spacial score (nSPS) is 10.2. The molecule has 0 rings (SSSR count). The molecule has 0 aliphatic carbocycles. The summed E-state index contributed by atoms with van der Waals surface area (Å²) in [6, 6.07) is 0. The summed E-state index contributed by atoms with van der Waals surface area (Å²) in [6.45, 7) is 42.7. The van der Waals surface area contributed by atoms with Crippen LogP contribution in [-0.2, 0) is 4.74 Å². The second kappa shape index (κ2) is 41.6. The van der Waals surface area contributed by atoms with E-state index in [0.29, 0.717) is 5.41 Å². The maximum atomic E-state index is 4.98. The second-order valence-corrected chi connectivity index (χ2v) is 12.1. The van der Waals surface area contributed by atoms with Crippen LogP contribution in [0.15, 0.2) is 24.8 Å². The predicted molar refractivity (Wildman–Crippen MR) is 175 cm³/mol. The molecule has 36 heavy (non-hydrogen) atoms. The molecule has 224 valence electrons. The minimum Gasteiger partial charge on any atom is -0.382 e. The van der Waals surface area contributed by atoms with Crippen molar-refractivity contribution in [3.05, 3.63) is 24.8 Å². The van der Waals surface area contributed by atoms with E-state index in [2.05, 4.69) is 123 Å². The molecule has 0 N–H and O–H groups in total. The first-order valence-corrected chi connectivity index (χ1v) is 15.4. The van der Waals surface area contributed by atoms with Crippen molar-refractivity contribution in [2.45, 2.75) is 163 Å². The standard InChI is InChI=1S/C7H14.2C6H14.C6H12.C5H12O.C5H12/c1-4-5-6-7(2)3;1-5-6(2,3)4;2*1-4-5-6(2)3;1-3-5-6-4-2;1-4-5(2)3/h4,7H,1,5-6H2,2-3H3;5H2,1-4H3;6H,4-5H2,1-3H3;4-6H,1-3H3;3-5H2,1-2H3;5H,4H2,1-3H3. The predicted octanol–water partition coefficient (Wildman–Crippen LogP) is 13.2. The van der Waals surface area contributed by atoms with Crippen LogP contribution in [0.1, 0.15) is 163 Å². The highest BCUT2D eigenvalue weighted by Crippen LogP contribution is 2.16. The van der Waals surface area contributed by atoms with Crippen molar-refractivity contribution < 1.29 is 4.74 Å². The fourth-order valence-electron chi connectivity index (χ4n) is 1.70. The maximum absolute atomic E-state index is 4.98. The zero-order valence-electron chi connectivity index (χ0n) is 29.0. The quantitative estimate of drug-likeness (QED) is 0.208. The summed E-state index contributed by atoms with van der Waals surface area (Å²) in [4.78, 5) is 0. The average Bonchev–Trinajstić information content (AvgIpc) is 2.77. The molecule has 0 radical (unpaired) electrons. The highest BCUT2D eigenvalue weighted by Gasteiger charge is 2.03. The van der Waals surface area contributed by atoms with Crippen molar-refractivity contribution in [2.75, 3.05) is 13.2 Å². The lowest BCUT2D eigenvalue weighted by atomic mass is 9.94. The molecule has 0 aromatic carbocycles. The molecule has 0 aliphatic rings. The van der Waals surface area contributed by atoms with Crippen LogP contribution >= 0.6 is 0 Å².